The van der Waals surface area contributed by atoms with Crippen LogP contribution in [0.25, 0.3) is 0 Å². The lowest BCUT2D eigenvalue weighted by Crippen LogP contribution is -2.29. The lowest BCUT2D eigenvalue weighted by molar-refractivity contribution is -0.114. The number of ether oxygens (including phenoxy) is 1. The van der Waals surface area contributed by atoms with E-state index < -0.39 is 0 Å². The van der Waals surface area contributed by atoms with Crippen LogP contribution in [0.5, 0.6) is 0 Å². The van der Waals surface area contributed by atoms with E-state index in [0.29, 0.717) is 18.7 Å². The van der Waals surface area contributed by atoms with Gasteiger partial charge in [0.25, 0.3) is 0 Å². The molecule has 68 valence electrons. The van der Waals surface area contributed by atoms with Crippen LogP contribution in [0.1, 0.15) is 0 Å². The van der Waals surface area contributed by atoms with Crippen molar-refractivity contribution in [1.82, 2.24) is 5.32 Å². The second-order valence-corrected chi connectivity index (χ2v) is 2.94. The highest BCUT2D eigenvalue weighted by atomic mass is 16.5. The fourth-order valence-corrected chi connectivity index (χ4v) is 1.34. The van der Waals surface area contributed by atoms with Crippen molar-refractivity contribution in [2.24, 2.45) is 5.73 Å². The molecule has 4 heteroatoms. The Morgan fingerprint density at radius 2 is 2.46 bits per heavy atom. The zero-order valence-electron chi connectivity index (χ0n) is 7.04. The molecule has 4 nitrogen and oxygen atoms in total. The van der Waals surface area contributed by atoms with Gasteiger partial charge in [0.1, 0.15) is 6.61 Å². The Bertz CT molecular complexity index is 340. The van der Waals surface area contributed by atoms with Crippen LogP contribution in [0.15, 0.2) is 35.3 Å². The summed E-state index contributed by atoms with van der Waals surface area (Å²) in [5.74, 6) is -0.381. The molecule has 2 aliphatic heterocycles. The maximum atomic E-state index is 10.9. The molecular weight excluding hydrogens is 168 g/mol. The molecule has 0 saturated heterocycles. The van der Waals surface area contributed by atoms with Crippen molar-refractivity contribution >= 4 is 5.91 Å². The zero-order chi connectivity index (χ0) is 9.26. The quantitative estimate of drug-likeness (QED) is 0.584. The van der Waals surface area contributed by atoms with E-state index in [0.717, 1.165) is 11.3 Å². The molecule has 0 aromatic carbocycles. The van der Waals surface area contributed by atoms with Crippen LogP contribution in [0.3, 0.4) is 0 Å². The Labute approximate surface area is 75.7 Å². The summed E-state index contributed by atoms with van der Waals surface area (Å²) in [5.41, 5.74) is 7.74. The summed E-state index contributed by atoms with van der Waals surface area (Å²) in [6, 6.07) is 0. The van der Waals surface area contributed by atoms with Gasteiger partial charge in [-0.3, -0.25) is 4.79 Å². The molecule has 2 rings (SSSR count). The summed E-state index contributed by atoms with van der Waals surface area (Å²) < 4.78 is 5.09. The van der Waals surface area contributed by atoms with E-state index >= 15 is 0 Å². The third-order valence-electron chi connectivity index (χ3n) is 2.05. The number of carbonyl (C=O) groups is 1. The van der Waals surface area contributed by atoms with Crippen LogP contribution in [-0.2, 0) is 9.53 Å². The minimum Gasteiger partial charge on any atom is -0.496 e. The number of hydrogen-bond acceptors (Lipinski definition) is 3. The van der Waals surface area contributed by atoms with Crippen molar-refractivity contribution in [1.29, 1.82) is 0 Å². The standard InChI is InChI=1S/C9H10N2O2/c10-9(12)6-3-7-5-13-2-1-8(7)11-4-6/h1-3,11H,4-5H2,(H2,10,12). The minimum absolute atomic E-state index is 0.381. The molecule has 0 radical (unpaired) electrons. The van der Waals surface area contributed by atoms with Gasteiger partial charge >= 0.3 is 0 Å². The van der Waals surface area contributed by atoms with E-state index in [-0.39, 0.29) is 5.91 Å². The van der Waals surface area contributed by atoms with Crippen molar-refractivity contribution in [3.63, 3.8) is 0 Å². The fourth-order valence-electron chi connectivity index (χ4n) is 1.34. The number of nitrogens with one attached hydrogen (secondary N) is 1. The maximum absolute atomic E-state index is 10.9. The molecule has 0 atom stereocenters. The average molecular weight is 178 g/mol. The first-order valence-corrected chi connectivity index (χ1v) is 4.03. The lowest BCUT2D eigenvalue weighted by atomic mass is 10.0. The summed E-state index contributed by atoms with van der Waals surface area (Å²) >= 11 is 0. The van der Waals surface area contributed by atoms with Gasteiger partial charge in [0, 0.05) is 23.4 Å². The molecule has 1 amide bonds. The van der Waals surface area contributed by atoms with Crippen LogP contribution in [0.2, 0.25) is 0 Å². The maximum Gasteiger partial charge on any atom is 0.246 e. The predicted molar refractivity (Wildman–Crippen MR) is 47.4 cm³/mol. The second kappa shape index (κ2) is 2.97. The molecule has 0 saturated carbocycles. The molecule has 0 unspecified atom stereocenters. The first-order chi connectivity index (χ1) is 6.27. The Hall–Kier alpha value is -1.71. The molecule has 3 N–H and O–H groups in total. The third kappa shape index (κ3) is 1.42. The van der Waals surface area contributed by atoms with E-state index in [1.807, 2.05) is 6.08 Å². The Morgan fingerprint density at radius 3 is 3.23 bits per heavy atom. The van der Waals surface area contributed by atoms with Crippen LogP contribution in [-0.4, -0.2) is 19.1 Å². The highest BCUT2D eigenvalue weighted by Gasteiger charge is 2.16. The van der Waals surface area contributed by atoms with Crippen LogP contribution in [0, 0.1) is 0 Å². The zero-order valence-corrected chi connectivity index (χ0v) is 7.04. The van der Waals surface area contributed by atoms with Crippen LogP contribution >= 0.6 is 0 Å². The largest absolute Gasteiger partial charge is 0.496 e. The van der Waals surface area contributed by atoms with Gasteiger partial charge in [0.2, 0.25) is 5.91 Å². The molecule has 2 aliphatic rings. The molecule has 13 heavy (non-hydrogen) atoms. The SMILES string of the molecule is NC(=O)C1=CC2=C(C=COC2)NC1. The van der Waals surface area contributed by atoms with E-state index in [9.17, 15) is 4.79 Å². The monoisotopic (exact) mass is 178 g/mol. The van der Waals surface area contributed by atoms with Gasteiger partial charge in [-0.25, -0.2) is 0 Å². The Balaban J connectivity index is 2.31. The van der Waals surface area contributed by atoms with Crippen molar-refractivity contribution in [3.8, 4) is 0 Å². The Kier molecular flexibility index (Phi) is 1.81. The highest BCUT2D eigenvalue weighted by molar-refractivity contribution is 5.93. The van der Waals surface area contributed by atoms with Crippen molar-refractivity contribution in [2.75, 3.05) is 13.2 Å². The van der Waals surface area contributed by atoms with E-state index in [4.69, 9.17) is 10.5 Å². The van der Waals surface area contributed by atoms with E-state index in [1.165, 1.54) is 0 Å². The topological polar surface area (TPSA) is 64.4 Å². The number of rotatable bonds is 1. The molecule has 0 aliphatic carbocycles. The third-order valence-corrected chi connectivity index (χ3v) is 2.05. The summed E-state index contributed by atoms with van der Waals surface area (Å²) in [4.78, 5) is 10.9. The minimum atomic E-state index is -0.381. The molecule has 2 heterocycles. The molecule has 0 spiro atoms. The van der Waals surface area contributed by atoms with E-state index in [1.54, 1.807) is 12.3 Å². The number of amides is 1. The van der Waals surface area contributed by atoms with Crippen molar-refractivity contribution in [3.05, 3.63) is 35.3 Å². The first kappa shape index (κ1) is 7.91. The van der Waals surface area contributed by atoms with Gasteiger partial charge in [-0.05, 0) is 12.2 Å². The lowest BCUT2D eigenvalue weighted by Gasteiger charge is -2.21. The number of allylic oxidation sites excluding steroid dienone is 1. The summed E-state index contributed by atoms with van der Waals surface area (Å²) in [5, 5.41) is 3.10. The van der Waals surface area contributed by atoms with E-state index in [2.05, 4.69) is 5.32 Å². The van der Waals surface area contributed by atoms with Crippen molar-refractivity contribution in [2.45, 2.75) is 0 Å². The predicted octanol–water partition coefficient (Wildman–Crippen LogP) is -0.201. The summed E-state index contributed by atoms with van der Waals surface area (Å²) in [6.07, 6.45) is 5.26. The highest BCUT2D eigenvalue weighted by Crippen LogP contribution is 2.17. The number of hydrogen-bond donors (Lipinski definition) is 2. The second-order valence-electron chi connectivity index (χ2n) is 2.94. The molecule has 0 aromatic heterocycles. The molecule has 0 fully saturated rings. The van der Waals surface area contributed by atoms with Crippen LogP contribution in [0.4, 0.5) is 0 Å². The molecule has 0 aromatic rings. The Morgan fingerprint density at radius 1 is 1.62 bits per heavy atom. The summed E-state index contributed by atoms with van der Waals surface area (Å²) in [6.45, 7) is 0.994. The number of carbonyl (C=O) groups excluding carboxylic acids is 1. The van der Waals surface area contributed by atoms with Gasteiger partial charge in [-0.2, -0.15) is 0 Å². The normalized spacial score (nSPS) is 19.8. The first-order valence-electron chi connectivity index (χ1n) is 4.03. The average Bonchev–Trinajstić information content (AvgIpc) is 2.17. The summed E-state index contributed by atoms with van der Waals surface area (Å²) in [7, 11) is 0. The molecular formula is C9H10N2O2. The van der Waals surface area contributed by atoms with Gasteiger partial charge < -0.3 is 15.8 Å². The van der Waals surface area contributed by atoms with Gasteiger partial charge in [0.05, 0.1) is 6.26 Å². The van der Waals surface area contributed by atoms with Gasteiger partial charge in [-0.15, -0.1) is 0 Å². The van der Waals surface area contributed by atoms with Crippen molar-refractivity contribution < 1.29 is 9.53 Å². The fraction of sp³-hybridized carbons (Fsp3) is 0.222. The van der Waals surface area contributed by atoms with Gasteiger partial charge in [-0.1, -0.05) is 0 Å². The number of dihydropyridines is 1. The molecule has 0 bridgehead atoms. The van der Waals surface area contributed by atoms with Crippen LogP contribution < -0.4 is 11.1 Å². The number of nitrogens with two attached hydrogens (primary N) is 1. The van der Waals surface area contributed by atoms with Gasteiger partial charge in [0.15, 0.2) is 0 Å². The number of primary amides is 1. The smallest absolute Gasteiger partial charge is 0.246 e.